The van der Waals surface area contributed by atoms with Gasteiger partial charge in [-0.05, 0) is 34.9 Å². The molecule has 0 spiro atoms. The maximum Gasteiger partial charge on any atom is 0.332 e. The summed E-state index contributed by atoms with van der Waals surface area (Å²) in [4.78, 5) is 21.0. The number of nitrogens with one attached hydrogen (secondary N) is 2. The van der Waals surface area contributed by atoms with Crippen LogP contribution >= 0.6 is 0 Å². The molecule has 0 radical (unpaired) electrons. The Hall–Kier alpha value is -1.96. The number of aryl methyl sites for hydroxylation is 1. The summed E-state index contributed by atoms with van der Waals surface area (Å²) in [5.41, 5.74) is 0.276. The van der Waals surface area contributed by atoms with Gasteiger partial charge in [0.25, 0.3) is 0 Å². The predicted octanol–water partition coefficient (Wildman–Crippen LogP) is 1.49. The average molecular weight is 282 g/mol. The summed E-state index contributed by atoms with van der Waals surface area (Å²) >= 11 is 0. The van der Waals surface area contributed by atoms with Crippen LogP contribution in [0.5, 0.6) is 0 Å². The van der Waals surface area contributed by atoms with Crippen LogP contribution in [0.2, 0.25) is 0 Å². The molecule has 0 saturated carbocycles. The van der Waals surface area contributed by atoms with Crippen LogP contribution in [0, 0.1) is 17.0 Å². The summed E-state index contributed by atoms with van der Waals surface area (Å²) in [6, 6.07) is 0.229. The van der Waals surface area contributed by atoms with Crippen molar-refractivity contribution in [3.05, 3.63) is 15.8 Å². The molecule has 20 heavy (non-hydrogen) atoms. The Balaban J connectivity index is 3.03. The number of rotatable bonds is 7. The Labute approximate surface area is 118 Å². The van der Waals surface area contributed by atoms with Crippen molar-refractivity contribution in [3.8, 4) is 0 Å². The molecule has 8 heteroatoms. The van der Waals surface area contributed by atoms with Gasteiger partial charge in [-0.3, -0.25) is 10.1 Å². The van der Waals surface area contributed by atoms with Crippen LogP contribution in [0.3, 0.4) is 0 Å². The minimum Gasteiger partial charge on any atom is -0.363 e. The highest BCUT2D eigenvalue weighted by atomic mass is 16.6. The molecule has 2 N–H and O–H groups in total. The zero-order chi connectivity index (χ0) is 15.3. The second-order valence-electron chi connectivity index (χ2n) is 4.81. The Morgan fingerprint density at radius 1 is 1.35 bits per heavy atom. The zero-order valence-corrected chi connectivity index (χ0v) is 12.6. The van der Waals surface area contributed by atoms with E-state index in [4.69, 9.17) is 0 Å². The molecule has 1 aromatic heterocycles. The zero-order valence-electron chi connectivity index (χ0n) is 12.6. The van der Waals surface area contributed by atoms with E-state index in [-0.39, 0.29) is 17.5 Å². The van der Waals surface area contributed by atoms with E-state index in [1.807, 2.05) is 32.8 Å². The van der Waals surface area contributed by atoms with Gasteiger partial charge < -0.3 is 15.5 Å². The third-order valence-electron chi connectivity index (χ3n) is 3.02. The number of nitrogens with zero attached hydrogens (tertiary/aromatic N) is 4. The van der Waals surface area contributed by atoms with Gasteiger partial charge >= 0.3 is 5.69 Å². The lowest BCUT2D eigenvalue weighted by molar-refractivity contribution is -0.385. The van der Waals surface area contributed by atoms with Gasteiger partial charge in [0.05, 0.1) is 4.92 Å². The van der Waals surface area contributed by atoms with Crippen LogP contribution in [0.25, 0.3) is 0 Å². The first-order valence-electron chi connectivity index (χ1n) is 6.54. The molecule has 1 unspecified atom stereocenters. The van der Waals surface area contributed by atoms with Crippen LogP contribution in [0.15, 0.2) is 0 Å². The smallest absolute Gasteiger partial charge is 0.332 e. The molecule has 0 bridgehead atoms. The first-order valence-corrected chi connectivity index (χ1v) is 6.54. The number of hydrogen-bond acceptors (Lipinski definition) is 7. The fourth-order valence-corrected chi connectivity index (χ4v) is 1.57. The monoisotopic (exact) mass is 282 g/mol. The van der Waals surface area contributed by atoms with E-state index in [9.17, 15) is 10.1 Å². The molecule has 0 aliphatic heterocycles. The van der Waals surface area contributed by atoms with Crippen molar-refractivity contribution in [1.82, 2.24) is 14.9 Å². The average Bonchev–Trinajstić information content (AvgIpc) is 2.34. The Morgan fingerprint density at radius 2 is 2.00 bits per heavy atom. The van der Waals surface area contributed by atoms with Crippen molar-refractivity contribution >= 4 is 17.5 Å². The standard InChI is InChI=1S/C12H22N6O2/c1-6-13-12-15-9(3)10(18(19)20)11(16-12)14-7-8(2)17(4)5/h8H,6-7H2,1-5H3,(H2,13,14,15,16). The van der Waals surface area contributed by atoms with Gasteiger partial charge in [0.15, 0.2) is 0 Å². The quantitative estimate of drug-likeness (QED) is 0.577. The molecule has 112 valence electrons. The van der Waals surface area contributed by atoms with Gasteiger partial charge in [0, 0.05) is 19.1 Å². The summed E-state index contributed by atoms with van der Waals surface area (Å²) in [5.74, 6) is 0.655. The first-order chi connectivity index (χ1) is 9.36. The normalized spacial score (nSPS) is 12.3. The molecular weight excluding hydrogens is 260 g/mol. The molecule has 0 saturated heterocycles. The van der Waals surface area contributed by atoms with E-state index < -0.39 is 4.92 Å². The van der Waals surface area contributed by atoms with Gasteiger partial charge in [-0.25, -0.2) is 4.98 Å². The van der Waals surface area contributed by atoms with Crippen molar-refractivity contribution in [2.24, 2.45) is 0 Å². The van der Waals surface area contributed by atoms with E-state index >= 15 is 0 Å². The predicted molar refractivity (Wildman–Crippen MR) is 79.2 cm³/mol. The van der Waals surface area contributed by atoms with E-state index in [1.54, 1.807) is 6.92 Å². The molecule has 0 fully saturated rings. The molecule has 1 atom stereocenters. The molecule has 0 aliphatic carbocycles. The SMILES string of the molecule is CCNc1nc(C)c([N+](=O)[O-])c(NCC(C)N(C)C)n1. The molecule has 0 aromatic carbocycles. The largest absolute Gasteiger partial charge is 0.363 e. The highest BCUT2D eigenvalue weighted by Gasteiger charge is 2.22. The number of aromatic nitrogens is 2. The fraction of sp³-hybridized carbons (Fsp3) is 0.667. The molecule has 0 amide bonds. The highest BCUT2D eigenvalue weighted by Crippen LogP contribution is 2.26. The van der Waals surface area contributed by atoms with E-state index in [2.05, 4.69) is 20.6 Å². The molecule has 1 heterocycles. The van der Waals surface area contributed by atoms with Gasteiger partial charge in [-0.15, -0.1) is 0 Å². The number of nitro groups is 1. The number of anilines is 2. The second-order valence-corrected chi connectivity index (χ2v) is 4.81. The molecular formula is C12H22N6O2. The summed E-state index contributed by atoms with van der Waals surface area (Å²) in [6.45, 7) is 6.78. The maximum atomic E-state index is 11.1. The van der Waals surface area contributed by atoms with Crippen LogP contribution in [-0.2, 0) is 0 Å². The maximum absolute atomic E-state index is 11.1. The van der Waals surface area contributed by atoms with Crippen molar-refractivity contribution in [1.29, 1.82) is 0 Å². The molecule has 1 aromatic rings. The number of likely N-dealkylation sites (N-methyl/N-ethyl adjacent to an activating group) is 1. The van der Waals surface area contributed by atoms with E-state index in [0.717, 1.165) is 0 Å². The van der Waals surface area contributed by atoms with Crippen LogP contribution < -0.4 is 10.6 Å². The first kappa shape index (κ1) is 16.1. The van der Waals surface area contributed by atoms with Crippen molar-refractivity contribution in [3.63, 3.8) is 0 Å². The van der Waals surface area contributed by atoms with Crippen LogP contribution in [0.1, 0.15) is 19.5 Å². The van der Waals surface area contributed by atoms with Gasteiger partial charge in [0.2, 0.25) is 11.8 Å². The fourth-order valence-electron chi connectivity index (χ4n) is 1.57. The van der Waals surface area contributed by atoms with Gasteiger partial charge in [-0.1, -0.05) is 0 Å². The summed E-state index contributed by atoms with van der Waals surface area (Å²) in [5, 5.41) is 17.2. The minimum absolute atomic E-state index is 0.0717. The van der Waals surface area contributed by atoms with E-state index in [0.29, 0.717) is 24.7 Å². The van der Waals surface area contributed by atoms with Crippen LogP contribution in [-0.4, -0.2) is 53.0 Å². The lowest BCUT2D eigenvalue weighted by atomic mass is 10.3. The number of hydrogen-bond donors (Lipinski definition) is 2. The lowest BCUT2D eigenvalue weighted by Crippen LogP contribution is -2.32. The summed E-state index contributed by atoms with van der Waals surface area (Å²) in [6.07, 6.45) is 0. The highest BCUT2D eigenvalue weighted by molar-refractivity contribution is 5.60. The van der Waals surface area contributed by atoms with Crippen molar-refractivity contribution < 1.29 is 4.92 Å². The second kappa shape index (κ2) is 6.99. The minimum atomic E-state index is -0.451. The molecule has 8 nitrogen and oxygen atoms in total. The summed E-state index contributed by atoms with van der Waals surface area (Å²) in [7, 11) is 3.91. The summed E-state index contributed by atoms with van der Waals surface area (Å²) < 4.78 is 0. The van der Waals surface area contributed by atoms with Gasteiger partial charge in [-0.2, -0.15) is 4.98 Å². The third kappa shape index (κ3) is 4.02. The van der Waals surface area contributed by atoms with Crippen molar-refractivity contribution in [2.45, 2.75) is 26.8 Å². The van der Waals surface area contributed by atoms with E-state index in [1.165, 1.54) is 0 Å². The Bertz CT molecular complexity index is 477. The molecule has 1 rings (SSSR count). The van der Waals surface area contributed by atoms with Crippen molar-refractivity contribution in [2.75, 3.05) is 37.8 Å². The third-order valence-corrected chi connectivity index (χ3v) is 3.02. The molecule has 0 aliphatic rings. The Kier molecular flexibility index (Phi) is 5.63. The Morgan fingerprint density at radius 3 is 2.50 bits per heavy atom. The lowest BCUT2D eigenvalue weighted by Gasteiger charge is -2.20. The topological polar surface area (TPSA) is 96.2 Å². The van der Waals surface area contributed by atoms with Gasteiger partial charge in [0.1, 0.15) is 5.69 Å². The van der Waals surface area contributed by atoms with Crippen LogP contribution in [0.4, 0.5) is 17.5 Å².